The summed E-state index contributed by atoms with van der Waals surface area (Å²) in [6.45, 7) is 1.89. The minimum atomic E-state index is -3.82. The van der Waals surface area contributed by atoms with E-state index in [1.165, 1.54) is 29.3 Å². The van der Waals surface area contributed by atoms with Crippen LogP contribution in [0.15, 0.2) is 58.6 Å². The molecule has 0 aliphatic rings. The summed E-state index contributed by atoms with van der Waals surface area (Å²) in [5.74, 6) is 0.381. The lowest BCUT2D eigenvalue weighted by molar-refractivity contribution is 0.301. The first-order valence-corrected chi connectivity index (χ1v) is 9.37. The van der Waals surface area contributed by atoms with Gasteiger partial charge in [-0.25, -0.2) is 4.98 Å². The first-order chi connectivity index (χ1) is 10.5. The molecule has 1 atom stereocenters. The van der Waals surface area contributed by atoms with Crippen molar-refractivity contribution in [3.05, 3.63) is 54.2 Å². The molecule has 0 spiro atoms. The Bertz CT molecular complexity index is 715. The van der Waals surface area contributed by atoms with Gasteiger partial charge in [0.05, 0.1) is 9.92 Å². The van der Waals surface area contributed by atoms with E-state index in [9.17, 15) is 8.42 Å². The van der Waals surface area contributed by atoms with E-state index < -0.39 is 16.2 Å². The summed E-state index contributed by atoms with van der Waals surface area (Å²) in [7, 11) is -3.82. The third kappa shape index (κ3) is 4.88. The number of nitrogens with zero attached hydrogens (tertiary/aromatic N) is 1. The van der Waals surface area contributed by atoms with Gasteiger partial charge in [0.15, 0.2) is 0 Å². The lowest BCUT2D eigenvalue weighted by atomic mass is 10.2. The average Bonchev–Trinajstić information content (AvgIpc) is 2.52. The highest BCUT2D eigenvalue weighted by Crippen LogP contribution is 2.20. The first-order valence-electron chi connectivity index (χ1n) is 6.50. The van der Waals surface area contributed by atoms with Crippen LogP contribution in [-0.4, -0.2) is 30.6 Å². The van der Waals surface area contributed by atoms with Crippen molar-refractivity contribution in [3.8, 4) is 0 Å². The van der Waals surface area contributed by atoms with Gasteiger partial charge in [-0.2, -0.15) is 8.42 Å². The van der Waals surface area contributed by atoms with Crippen LogP contribution >= 0.6 is 24.0 Å². The van der Waals surface area contributed by atoms with Crippen LogP contribution in [0.5, 0.6) is 0 Å². The Hall–Kier alpha value is -1.28. The molecule has 4 nitrogen and oxygen atoms in total. The maximum Gasteiger partial charge on any atom is 0.297 e. The largest absolute Gasteiger partial charge is 0.297 e. The number of thioether (sulfide) groups is 1. The summed E-state index contributed by atoms with van der Waals surface area (Å²) >= 11 is 6.27. The van der Waals surface area contributed by atoms with Gasteiger partial charge in [-0.15, -0.1) is 11.8 Å². The second kappa shape index (κ2) is 7.82. The molecule has 1 heterocycles. The summed E-state index contributed by atoms with van der Waals surface area (Å²) in [6, 6.07) is 12.0. The fraction of sp³-hybridized carbons (Fsp3) is 0.200. The molecule has 2 rings (SSSR count). The van der Waals surface area contributed by atoms with Crippen LogP contribution in [0.25, 0.3) is 0 Å². The minimum Gasteiger partial charge on any atom is -0.257 e. The molecule has 0 bridgehead atoms. The third-order valence-corrected chi connectivity index (χ3v) is 5.43. The maximum atomic E-state index is 12.2. The van der Waals surface area contributed by atoms with Crippen molar-refractivity contribution < 1.29 is 12.6 Å². The Morgan fingerprint density at radius 3 is 2.59 bits per heavy atom. The molecule has 0 amide bonds. The van der Waals surface area contributed by atoms with E-state index in [1.807, 2.05) is 25.1 Å². The summed E-state index contributed by atoms with van der Waals surface area (Å²) in [6.07, 6.45) is 0.992. The molecule has 0 saturated heterocycles. The van der Waals surface area contributed by atoms with Crippen LogP contribution in [0.4, 0.5) is 0 Å². The Kier molecular flexibility index (Phi) is 6.07. The molecule has 1 aromatic heterocycles. The Balaban J connectivity index is 2.02. The SMILES string of the molecule is Cc1ccc(S(=O)(=O)OC(C=S)CSc2ccccn2)cc1. The molecule has 22 heavy (non-hydrogen) atoms. The zero-order valence-corrected chi connectivity index (χ0v) is 14.3. The normalized spacial score (nSPS) is 12.8. The van der Waals surface area contributed by atoms with Crippen molar-refractivity contribution in [2.24, 2.45) is 0 Å². The number of hydrogen-bond donors (Lipinski definition) is 0. The molecule has 7 heteroatoms. The van der Waals surface area contributed by atoms with Gasteiger partial charge >= 0.3 is 0 Å². The Labute approximate surface area is 140 Å². The van der Waals surface area contributed by atoms with Gasteiger partial charge in [0, 0.05) is 17.3 Å². The number of rotatable bonds is 7. The van der Waals surface area contributed by atoms with Gasteiger partial charge in [0.2, 0.25) is 0 Å². The monoisotopic (exact) mass is 353 g/mol. The van der Waals surface area contributed by atoms with Crippen LogP contribution in [0.3, 0.4) is 0 Å². The molecule has 0 aliphatic heterocycles. The summed E-state index contributed by atoms with van der Waals surface area (Å²) < 4.78 is 29.6. The molecule has 116 valence electrons. The van der Waals surface area contributed by atoms with Gasteiger partial charge in [-0.3, -0.25) is 4.18 Å². The number of pyridine rings is 1. The van der Waals surface area contributed by atoms with Crippen molar-refractivity contribution >= 4 is 39.5 Å². The molecule has 0 N–H and O–H groups in total. The van der Waals surface area contributed by atoms with Crippen LogP contribution in [0, 0.1) is 6.92 Å². The fourth-order valence-corrected chi connectivity index (χ4v) is 3.88. The molecular weight excluding hydrogens is 338 g/mol. The zero-order valence-electron chi connectivity index (χ0n) is 11.9. The van der Waals surface area contributed by atoms with E-state index in [-0.39, 0.29) is 4.90 Å². The first kappa shape index (κ1) is 17.1. The number of aromatic nitrogens is 1. The van der Waals surface area contributed by atoms with E-state index in [0.29, 0.717) is 5.75 Å². The van der Waals surface area contributed by atoms with Crippen LogP contribution < -0.4 is 0 Å². The second-order valence-electron chi connectivity index (χ2n) is 4.52. The van der Waals surface area contributed by atoms with Gasteiger partial charge in [0.1, 0.15) is 6.10 Å². The molecule has 0 aliphatic carbocycles. The predicted octanol–water partition coefficient (Wildman–Crippen LogP) is 3.26. The summed E-state index contributed by atoms with van der Waals surface area (Å²) in [4.78, 5) is 4.29. The number of thiocarbonyl (C=S) groups is 1. The average molecular weight is 353 g/mol. The standard InChI is InChI=1S/C15H15NO3S3/c1-12-5-7-14(8-6-12)22(17,18)19-13(10-20)11-21-15-4-2-3-9-16-15/h2-10,13H,11H2,1H3. The number of hydrogen-bond acceptors (Lipinski definition) is 6. The molecule has 0 fully saturated rings. The highest BCUT2D eigenvalue weighted by atomic mass is 32.2. The molecule has 0 radical (unpaired) electrons. The van der Waals surface area contributed by atoms with Crippen molar-refractivity contribution in [3.63, 3.8) is 0 Å². The molecule has 1 aromatic carbocycles. The maximum absolute atomic E-state index is 12.2. The zero-order chi connectivity index (χ0) is 16.0. The number of benzene rings is 1. The fourth-order valence-electron chi connectivity index (χ4n) is 1.61. The van der Waals surface area contributed by atoms with Gasteiger partial charge in [0.25, 0.3) is 10.1 Å². The van der Waals surface area contributed by atoms with E-state index in [2.05, 4.69) is 4.98 Å². The van der Waals surface area contributed by atoms with E-state index in [0.717, 1.165) is 10.6 Å². The molecule has 0 saturated carbocycles. The van der Waals surface area contributed by atoms with Crippen LogP contribution in [0.2, 0.25) is 0 Å². The van der Waals surface area contributed by atoms with Gasteiger partial charge < -0.3 is 0 Å². The van der Waals surface area contributed by atoms with E-state index >= 15 is 0 Å². The topological polar surface area (TPSA) is 56.3 Å². The third-order valence-electron chi connectivity index (χ3n) is 2.74. The molecule has 1 unspecified atom stereocenters. The van der Waals surface area contributed by atoms with Crippen molar-refractivity contribution in [2.45, 2.75) is 22.9 Å². The van der Waals surface area contributed by atoms with Crippen molar-refractivity contribution in [1.29, 1.82) is 0 Å². The lowest BCUT2D eigenvalue weighted by Gasteiger charge is -2.12. The lowest BCUT2D eigenvalue weighted by Crippen LogP contribution is -2.21. The predicted molar refractivity (Wildman–Crippen MR) is 91.9 cm³/mol. The second-order valence-corrected chi connectivity index (χ2v) is 7.40. The smallest absolute Gasteiger partial charge is 0.257 e. The highest BCUT2D eigenvalue weighted by molar-refractivity contribution is 7.99. The molecular formula is C15H15NO3S3. The highest BCUT2D eigenvalue weighted by Gasteiger charge is 2.20. The van der Waals surface area contributed by atoms with E-state index in [4.69, 9.17) is 16.4 Å². The van der Waals surface area contributed by atoms with Crippen LogP contribution in [0.1, 0.15) is 5.56 Å². The minimum absolute atomic E-state index is 0.128. The van der Waals surface area contributed by atoms with Crippen molar-refractivity contribution in [1.82, 2.24) is 4.98 Å². The van der Waals surface area contributed by atoms with E-state index in [1.54, 1.807) is 18.3 Å². The van der Waals surface area contributed by atoms with Crippen LogP contribution in [-0.2, 0) is 14.3 Å². The summed E-state index contributed by atoms with van der Waals surface area (Å²) in [5, 5.41) is 2.11. The summed E-state index contributed by atoms with van der Waals surface area (Å²) in [5.41, 5.74) is 0.982. The number of aryl methyl sites for hydroxylation is 1. The van der Waals surface area contributed by atoms with Gasteiger partial charge in [-0.05, 0) is 31.2 Å². The Morgan fingerprint density at radius 2 is 2.00 bits per heavy atom. The van der Waals surface area contributed by atoms with Gasteiger partial charge in [-0.1, -0.05) is 36.0 Å². The molecule has 2 aromatic rings. The quantitative estimate of drug-likeness (QED) is 0.433. The van der Waals surface area contributed by atoms with Crippen molar-refractivity contribution in [2.75, 3.05) is 5.75 Å². The Morgan fingerprint density at radius 1 is 1.27 bits per heavy atom.